The van der Waals surface area contributed by atoms with Gasteiger partial charge in [0.15, 0.2) is 0 Å². The monoisotopic (exact) mass is 253 g/mol. The molecule has 1 saturated heterocycles. The highest BCUT2D eigenvalue weighted by atomic mass is 32.1. The van der Waals surface area contributed by atoms with E-state index in [0.29, 0.717) is 6.54 Å². The fraction of sp³-hybridized carbons (Fsp3) is 0.455. The van der Waals surface area contributed by atoms with Gasteiger partial charge in [0, 0.05) is 11.4 Å². The van der Waals surface area contributed by atoms with Crippen molar-refractivity contribution in [2.75, 3.05) is 13.1 Å². The molecule has 0 aliphatic carbocycles. The normalized spacial score (nSPS) is 21.7. The van der Waals surface area contributed by atoms with E-state index in [1.165, 1.54) is 0 Å². The maximum Gasteiger partial charge on any atom is 0.239 e. The number of amides is 2. The average molecular weight is 253 g/mol. The van der Waals surface area contributed by atoms with Gasteiger partial charge in [0.25, 0.3) is 0 Å². The van der Waals surface area contributed by atoms with Gasteiger partial charge in [-0.3, -0.25) is 14.9 Å². The zero-order chi connectivity index (χ0) is 12.3. The molecule has 0 aromatic carbocycles. The Morgan fingerprint density at radius 2 is 2.47 bits per heavy atom. The van der Waals surface area contributed by atoms with Crippen LogP contribution in [0.5, 0.6) is 0 Å². The molecule has 1 aromatic heterocycles. The van der Waals surface area contributed by atoms with Gasteiger partial charge in [-0.05, 0) is 18.4 Å². The first kappa shape index (κ1) is 12.1. The topological polar surface area (TPSA) is 70.2 Å². The largest absolute Gasteiger partial charge is 0.353 e. The predicted molar refractivity (Wildman–Crippen MR) is 65.7 cm³/mol. The van der Waals surface area contributed by atoms with E-state index in [0.717, 1.165) is 4.88 Å². The van der Waals surface area contributed by atoms with E-state index in [9.17, 15) is 9.59 Å². The lowest BCUT2D eigenvalue weighted by atomic mass is 10.2. The highest BCUT2D eigenvalue weighted by Crippen LogP contribution is 2.17. The van der Waals surface area contributed by atoms with Crippen molar-refractivity contribution in [2.45, 2.75) is 19.0 Å². The zero-order valence-corrected chi connectivity index (χ0v) is 10.3. The third-order valence-corrected chi connectivity index (χ3v) is 3.71. The van der Waals surface area contributed by atoms with E-state index in [1.54, 1.807) is 11.3 Å². The van der Waals surface area contributed by atoms with Crippen molar-refractivity contribution in [2.24, 2.45) is 0 Å². The lowest BCUT2D eigenvalue weighted by molar-refractivity contribution is -0.127. The Labute approximate surface area is 104 Å². The summed E-state index contributed by atoms with van der Waals surface area (Å²) in [6, 6.07) is 3.62. The molecule has 2 rings (SSSR count). The molecular weight excluding hydrogens is 238 g/mol. The maximum atomic E-state index is 11.9. The highest BCUT2D eigenvalue weighted by Gasteiger charge is 2.24. The standard InChI is InChI=1S/C11H15N3O2S/c1-7(9-3-2-4-17-9)14-11(16)8-5-13-10(15)6-12-8/h2-4,7-8,12H,5-6H2,1H3,(H,13,15)(H,14,16)/t7-,8?/m0/s1. The summed E-state index contributed by atoms with van der Waals surface area (Å²) in [4.78, 5) is 23.9. The number of thiophene rings is 1. The van der Waals surface area contributed by atoms with Crippen LogP contribution in [0.4, 0.5) is 0 Å². The summed E-state index contributed by atoms with van der Waals surface area (Å²) >= 11 is 1.62. The number of nitrogens with one attached hydrogen (secondary N) is 3. The lowest BCUT2D eigenvalue weighted by Crippen LogP contribution is -2.58. The van der Waals surface area contributed by atoms with Crippen LogP contribution in [0.25, 0.3) is 0 Å². The smallest absolute Gasteiger partial charge is 0.239 e. The first-order valence-corrected chi connectivity index (χ1v) is 6.38. The predicted octanol–water partition coefficient (Wildman–Crippen LogP) is 0.0133. The van der Waals surface area contributed by atoms with Gasteiger partial charge in [-0.15, -0.1) is 11.3 Å². The Morgan fingerprint density at radius 3 is 3.06 bits per heavy atom. The van der Waals surface area contributed by atoms with Crippen LogP contribution in [0.15, 0.2) is 17.5 Å². The third-order valence-electron chi connectivity index (χ3n) is 2.66. The average Bonchev–Trinajstić information content (AvgIpc) is 2.83. The first-order chi connectivity index (χ1) is 8.16. The SMILES string of the molecule is C[C@H](NC(=O)C1CNC(=O)CN1)c1cccs1. The molecule has 0 bridgehead atoms. The van der Waals surface area contributed by atoms with Crippen molar-refractivity contribution in [3.05, 3.63) is 22.4 Å². The van der Waals surface area contributed by atoms with E-state index in [2.05, 4.69) is 16.0 Å². The zero-order valence-electron chi connectivity index (χ0n) is 9.53. The third kappa shape index (κ3) is 3.04. The van der Waals surface area contributed by atoms with Crippen molar-refractivity contribution in [3.63, 3.8) is 0 Å². The molecule has 92 valence electrons. The van der Waals surface area contributed by atoms with Gasteiger partial charge < -0.3 is 10.6 Å². The molecule has 0 spiro atoms. The van der Waals surface area contributed by atoms with Crippen molar-refractivity contribution in [1.29, 1.82) is 0 Å². The van der Waals surface area contributed by atoms with Crippen molar-refractivity contribution < 1.29 is 9.59 Å². The molecule has 2 heterocycles. The van der Waals surface area contributed by atoms with Crippen LogP contribution < -0.4 is 16.0 Å². The van der Waals surface area contributed by atoms with Crippen molar-refractivity contribution in [3.8, 4) is 0 Å². The maximum absolute atomic E-state index is 11.9. The molecule has 1 unspecified atom stereocenters. The summed E-state index contributed by atoms with van der Waals surface area (Å²) in [5, 5.41) is 10.5. The minimum Gasteiger partial charge on any atom is -0.353 e. The minimum absolute atomic E-state index is 0.00179. The van der Waals surface area contributed by atoms with Gasteiger partial charge in [0.1, 0.15) is 6.04 Å². The number of hydrogen-bond donors (Lipinski definition) is 3. The molecule has 1 aliphatic heterocycles. The minimum atomic E-state index is -0.338. The summed E-state index contributed by atoms with van der Waals surface area (Å²) in [5.41, 5.74) is 0. The van der Waals surface area contributed by atoms with E-state index in [1.807, 2.05) is 24.4 Å². The van der Waals surface area contributed by atoms with Crippen LogP contribution in [0.1, 0.15) is 17.8 Å². The van der Waals surface area contributed by atoms with Crippen molar-refractivity contribution >= 4 is 23.2 Å². The van der Waals surface area contributed by atoms with Gasteiger partial charge in [-0.2, -0.15) is 0 Å². The second-order valence-electron chi connectivity index (χ2n) is 3.98. The Morgan fingerprint density at radius 1 is 1.65 bits per heavy atom. The summed E-state index contributed by atoms with van der Waals surface area (Å²) < 4.78 is 0. The Hall–Kier alpha value is -1.40. The van der Waals surface area contributed by atoms with Gasteiger partial charge in [0.2, 0.25) is 11.8 Å². The van der Waals surface area contributed by atoms with Gasteiger partial charge in [0.05, 0.1) is 12.6 Å². The van der Waals surface area contributed by atoms with Crippen LogP contribution in [0, 0.1) is 0 Å². The molecule has 5 nitrogen and oxygen atoms in total. The molecule has 1 aromatic rings. The van der Waals surface area contributed by atoms with E-state index >= 15 is 0 Å². The molecule has 17 heavy (non-hydrogen) atoms. The number of carbonyl (C=O) groups is 2. The van der Waals surface area contributed by atoms with E-state index in [4.69, 9.17) is 0 Å². The van der Waals surface area contributed by atoms with Crippen LogP contribution in [0.3, 0.4) is 0 Å². The van der Waals surface area contributed by atoms with Gasteiger partial charge >= 0.3 is 0 Å². The summed E-state index contributed by atoms with van der Waals surface area (Å²) in [5.74, 6) is -0.147. The van der Waals surface area contributed by atoms with Crippen LogP contribution in [0.2, 0.25) is 0 Å². The Bertz CT molecular complexity index is 395. The fourth-order valence-corrected chi connectivity index (χ4v) is 2.41. The van der Waals surface area contributed by atoms with Gasteiger partial charge in [-0.1, -0.05) is 6.07 Å². The Balaban J connectivity index is 1.86. The number of carbonyl (C=O) groups excluding carboxylic acids is 2. The molecule has 1 aliphatic rings. The summed E-state index contributed by atoms with van der Waals surface area (Å²) in [6.07, 6.45) is 0. The molecule has 0 saturated carbocycles. The molecule has 3 N–H and O–H groups in total. The molecule has 6 heteroatoms. The molecule has 2 amide bonds. The molecular formula is C11H15N3O2S. The number of hydrogen-bond acceptors (Lipinski definition) is 4. The van der Waals surface area contributed by atoms with Crippen LogP contribution in [-0.4, -0.2) is 30.9 Å². The van der Waals surface area contributed by atoms with Crippen molar-refractivity contribution in [1.82, 2.24) is 16.0 Å². The lowest BCUT2D eigenvalue weighted by Gasteiger charge is -2.24. The number of rotatable bonds is 3. The quantitative estimate of drug-likeness (QED) is 0.711. The summed E-state index contributed by atoms with van der Waals surface area (Å²) in [7, 11) is 0. The summed E-state index contributed by atoms with van der Waals surface area (Å²) in [6.45, 7) is 2.50. The van der Waals surface area contributed by atoms with Crippen LogP contribution >= 0.6 is 11.3 Å². The molecule has 0 radical (unpaired) electrons. The first-order valence-electron chi connectivity index (χ1n) is 5.50. The molecule has 2 atom stereocenters. The van der Waals surface area contributed by atoms with E-state index in [-0.39, 0.29) is 30.4 Å². The van der Waals surface area contributed by atoms with E-state index < -0.39 is 0 Å². The Kier molecular flexibility index (Phi) is 3.75. The molecule has 1 fully saturated rings. The van der Waals surface area contributed by atoms with Crippen LogP contribution in [-0.2, 0) is 9.59 Å². The second kappa shape index (κ2) is 5.29. The fourth-order valence-electron chi connectivity index (χ4n) is 1.67. The second-order valence-corrected chi connectivity index (χ2v) is 4.96. The number of piperazine rings is 1. The highest BCUT2D eigenvalue weighted by molar-refractivity contribution is 7.10. The van der Waals surface area contributed by atoms with Gasteiger partial charge in [-0.25, -0.2) is 0 Å².